The van der Waals surface area contributed by atoms with Gasteiger partial charge in [-0.2, -0.15) is 0 Å². The monoisotopic (exact) mass is 345 g/mol. The van der Waals surface area contributed by atoms with Gasteiger partial charge in [0, 0.05) is 25.6 Å². The van der Waals surface area contributed by atoms with Crippen molar-refractivity contribution in [1.82, 2.24) is 20.3 Å². The van der Waals surface area contributed by atoms with E-state index in [-0.39, 0.29) is 5.41 Å². The third kappa shape index (κ3) is 7.98. The van der Waals surface area contributed by atoms with Gasteiger partial charge in [0.15, 0.2) is 5.96 Å². The molecule has 0 aliphatic carbocycles. The Morgan fingerprint density at radius 3 is 2.52 bits per heavy atom. The number of nitrogens with one attached hydrogen (secondary N) is 3. The molecule has 0 aliphatic rings. The number of aliphatic imine (C=N–C) groups is 1. The van der Waals surface area contributed by atoms with E-state index in [4.69, 9.17) is 4.42 Å². The Morgan fingerprint density at radius 2 is 2.00 bits per heavy atom. The first-order valence-corrected chi connectivity index (χ1v) is 9.35. The fraction of sp³-hybridized carbons (Fsp3) is 0.714. The standard InChI is InChI=1S/C14H27N5O3S/c1-14(2,3)11-9-17-12(22-11)10-18-13(15-4)16-7-6-8-19-23(5,20)21/h9,19H,6-8,10H2,1-5H3,(H2,15,16,18). The summed E-state index contributed by atoms with van der Waals surface area (Å²) in [5.41, 5.74) is -0.0716. The molecule has 0 aliphatic heterocycles. The van der Waals surface area contributed by atoms with Gasteiger partial charge in [-0.1, -0.05) is 20.8 Å². The smallest absolute Gasteiger partial charge is 0.213 e. The van der Waals surface area contributed by atoms with Crippen LogP contribution in [0.25, 0.3) is 0 Å². The SMILES string of the molecule is CN=C(NCCCNS(C)(=O)=O)NCc1ncc(C(C)(C)C)o1. The Labute approximate surface area is 138 Å². The van der Waals surface area contributed by atoms with Gasteiger partial charge in [-0.3, -0.25) is 4.99 Å². The second-order valence-electron chi connectivity index (χ2n) is 6.24. The van der Waals surface area contributed by atoms with Gasteiger partial charge in [-0.15, -0.1) is 0 Å². The van der Waals surface area contributed by atoms with Crippen LogP contribution in [0.1, 0.15) is 38.8 Å². The largest absolute Gasteiger partial charge is 0.443 e. The van der Waals surface area contributed by atoms with Crippen LogP contribution in [0.15, 0.2) is 15.6 Å². The van der Waals surface area contributed by atoms with Crippen molar-refractivity contribution >= 4 is 16.0 Å². The summed E-state index contributed by atoms with van der Waals surface area (Å²) in [7, 11) is -1.46. The maximum Gasteiger partial charge on any atom is 0.213 e. The lowest BCUT2D eigenvalue weighted by Gasteiger charge is -2.13. The number of rotatable bonds is 7. The molecule has 0 bridgehead atoms. The lowest BCUT2D eigenvalue weighted by atomic mass is 9.94. The molecule has 1 heterocycles. The predicted octanol–water partition coefficient (Wildman–Crippen LogP) is 0.576. The molecule has 0 amide bonds. The van der Waals surface area contributed by atoms with E-state index < -0.39 is 10.0 Å². The topological polar surface area (TPSA) is 109 Å². The molecule has 0 unspecified atom stereocenters. The summed E-state index contributed by atoms with van der Waals surface area (Å²) in [4.78, 5) is 8.33. The summed E-state index contributed by atoms with van der Waals surface area (Å²) in [6.07, 6.45) is 3.54. The number of aromatic nitrogens is 1. The van der Waals surface area contributed by atoms with E-state index in [1.54, 1.807) is 13.2 Å². The van der Waals surface area contributed by atoms with E-state index in [1.807, 2.05) is 0 Å². The Morgan fingerprint density at radius 1 is 1.30 bits per heavy atom. The van der Waals surface area contributed by atoms with Crippen molar-refractivity contribution in [3.8, 4) is 0 Å². The minimum absolute atomic E-state index is 0.0716. The molecule has 3 N–H and O–H groups in total. The highest BCUT2D eigenvalue weighted by atomic mass is 32.2. The average molecular weight is 345 g/mol. The summed E-state index contributed by atoms with van der Waals surface area (Å²) in [6.45, 7) is 7.61. The van der Waals surface area contributed by atoms with Crippen molar-refractivity contribution in [2.45, 2.75) is 39.2 Å². The maximum atomic E-state index is 10.9. The number of guanidine groups is 1. The Bertz CT molecular complexity index is 617. The minimum Gasteiger partial charge on any atom is -0.443 e. The highest BCUT2D eigenvalue weighted by molar-refractivity contribution is 7.88. The zero-order chi connectivity index (χ0) is 17.5. The summed E-state index contributed by atoms with van der Waals surface area (Å²) in [5.74, 6) is 2.04. The molecule has 1 rings (SSSR count). The van der Waals surface area contributed by atoms with Gasteiger partial charge < -0.3 is 15.1 Å². The van der Waals surface area contributed by atoms with E-state index >= 15 is 0 Å². The van der Waals surface area contributed by atoms with Crippen LogP contribution in [0.4, 0.5) is 0 Å². The Balaban J connectivity index is 2.33. The second-order valence-corrected chi connectivity index (χ2v) is 8.07. The maximum absolute atomic E-state index is 10.9. The summed E-state index contributed by atoms with van der Waals surface area (Å²) < 4.78 is 30.0. The fourth-order valence-electron chi connectivity index (χ4n) is 1.67. The quantitative estimate of drug-likeness (QED) is 0.379. The molecule has 0 saturated heterocycles. The molecular weight excluding hydrogens is 318 g/mol. The number of hydrogen-bond donors (Lipinski definition) is 3. The highest BCUT2D eigenvalue weighted by Gasteiger charge is 2.19. The van der Waals surface area contributed by atoms with Crippen molar-refractivity contribution < 1.29 is 12.8 Å². The first-order chi connectivity index (χ1) is 10.6. The van der Waals surface area contributed by atoms with E-state index in [0.717, 1.165) is 12.0 Å². The van der Waals surface area contributed by atoms with Gasteiger partial charge in [0.2, 0.25) is 15.9 Å². The number of sulfonamides is 1. The molecular formula is C14H27N5O3S. The molecule has 1 aromatic rings. The zero-order valence-electron chi connectivity index (χ0n) is 14.4. The van der Waals surface area contributed by atoms with Crippen molar-refractivity contribution in [2.75, 3.05) is 26.4 Å². The van der Waals surface area contributed by atoms with E-state index in [9.17, 15) is 8.42 Å². The molecule has 0 radical (unpaired) electrons. The van der Waals surface area contributed by atoms with Crippen LogP contribution in [-0.4, -0.2) is 45.8 Å². The van der Waals surface area contributed by atoms with Crippen molar-refractivity contribution in [3.63, 3.8) is 0 Å². The molecule has 132 valence electrons. The van der Waals surface area contributed by atoms with Crippen LogP contribution < -0.4 is 15.4 Å². The van der Waals surface area contributed by atoms with Gasteiger partial charge >= 0.3 is 0 Å². The van der Waals surface area contributed by atoms with Gasteiger partial charge in [0.25, 0.3) is 0 Å². The van der Waals surface area contributed by atoms with Crippen LogP contribution in [0, 0.1) is 0 Å². The van der Waals surface area contributed by atoms with Gasteiger partial charge in [-0.05, 0) is 6.42 Å². The van der Waals surface area contributed by atoms with Gasteiger partial charge in [0.05, 0.1) is 19.0 Å². The van der Waals surface area contributed by atoms with Crippen LogP contribution in [0.2, 0.25) is 0 Å². The fourth-order valence-corrected chi connectivity index (χ4v) is 2.19. The molecule has 0 aromatic carbocycles. The van der Waals surface area contributed by atoms with Crippen molar-refractivity contribution in [3.05, 3.63) is 17.8 Å². The average Bonchev–Trinajstić information content (AvgIpc) is 2.89. The molecule has 1 aromatic heterocycles. The first-order valence-electron chi connectivity index (χ1n) is 7.46. The van der Waals surface area contributed by atoms with Crippen LogP contribution >= 0.6 is 0 Å². The molecule has 9 heteroatoms. The molecule has 23 heavy (non-hydrogen) atoms. The first kappa shape index (κ1) is 19.4. The number of nitrogens with zero attached hydrogens (tertiary/aromatic N) is 2. The van der Waals surface area contributed by atoms with Gasteiger partial charge in [-0.25, -0.2) is 18.1 Å². The van der Waals surface area contributed by atoms with Gasteiger partial charge in [0.1, 0.15) is 5.76 Å². The molecule has 0 saturated carbocycles. The van der Waals surface area contributed by atoms with E-state index in [2.05, 4.69) is 46.1 Å². The number of hydrogen-bond acceptors (Lipinski definition) is 5. The van der Waals surface area contributed by atoms with E-state index in [0.29, 0.717) is 37.9 Å². The predicted molar refractivity (Wildman–Crippen MR) is 90.9 cm³/mol. The second kappa shape index (κ2) is 8.30. The van der Waals surface area contributed by atoms with Crippen molar-refractivity contribution in [1.29, 1.82) is 0 Å². The van der Waals surface area contributed by atoms with Crippen molar-refractivity contribution in [2.24, 2.45) is 4.99 Å². The third-order valence-corrected chi connectivity index (χ3v) is 3.66. The van der Waals surface area contributed by atoms with Crippen LogP contribution in [0.5, 0.6) is 0 Å². The molecule has 0 atom stereocenters. The lowest BCUT2D eigenvalue weighted by molar-refractivity contribution is 0.379. The molecule has 0 spiro atoms. The normalized spacial score (nSPS) is 13.2. The third-order valence-electron chi connectivity index (χ3n) is 2.93. The highest BCUT2D eigenvalue weighted by Crippen LogP contribution is 2.22. The molecule has 8 nitrogen and oxygen atoms in total. The zero-order valence-corrected chi connectivity index (χ0v) is 15.2. The van der Waals surface area contributed by atoms with Crippen LogP contribution in [-0.2, 0) is 22.0 Å². The van der Waals surface area contributed by atoms with E-state index in [1.165, 1.54) is 0 Å². The number of oxazole rings is 1. The Hall–Kier alpha value is -1.61. The lowest BCUT2D eigenvalue weighted by Crippen LogP contribution is -2.38. The van der Waals surface area contributed by atoms with Crippen LogP contribution in [0.3, 0.4) is 0 Å². The Kier molecular flexibility index (Phi) is 7.01. The summed E-state index contributed by atoms with van der Waals surface area (Å²) in [5, 5.41) is 6.20. The summed E-state index contributed by atoms with van der Waals surface area (Å²) >= 11 is 0. The molecule has 0 fully saturated rings. The summed E-state index contributed by atoms with van der Waals surface area (Å²) in [6, 6.07) is 0. The minimum atomic E-state index is -3.13.